The Balaban J connectivity index is 2.09. The third-order valence-electron chi connectivity index (χ3n) is 3.13. The molecule has 1 aromatic rings. The third-order valence-corrected chi connectivity index (χ3v) is 3.13. The van der Waals surface area contributed by atoms with E-state index in [0.717, 1.165) is 6.04 Å². The molecule has 1 heteroatoms. The van der Waals surface area contributed by atoms with Crippen LogP contribution in [-0.2, 0) is 6.42 Å². The first-order valence-corrected chi connectivity index (χ1v) is 4.80. The molecule has 0 unspecified atom stereocenters. The van der Waals surface area contributed by atoms with Gasteiger partial charge in [-0.25, -0.2) is 0 Å². The standard InChI is InChI=1S/C11H13N/c1-2-6-11-9(4-1)8-10-5-3-7-12(10)11/h1-2,4,6,10H,3,5,7-8H2/t10-/m1/s1. The molecule has 2 heterocycles. The highest BCUT2D eigenvalue weighted by molar-refractivity contribution is 5.60. The molecule has 0 saturated carbocycles. The predicted molar refractivity (Wildman–Crippen MR) is 50.5 cm³/mol. The number of hydrogen-bond donors (Lipinski definition) is 0. The summed E-state index contributed by atoms with van der Waals surface area (Å²) >= 11 is 0. The van der Waals surface area contributed by atoms with Crippen molar-refractivity contribution in [3.8, 4) is 0 Å². The number of nitrogens with zero attached hydrogens (tertiary/aromatic N) is 1. The maximum Gasteiger partial charge on any atom is 0.0402 e. The van der Waals surface area contributed by atoms with E-state index in [1.165, 1.54) is 31.5 Å². The highest BCUT2D eigenvalue weighted by atomic mass is 15.2. The fourth-order valence-corrected chi connectivity index (χ4v) is 2.58. The van der Waals surface area contributed by atoms with Gasteiger partial charge >= 0.3 is 0 Å². The minimum Gasteiger partial charge on any atom is -0.368 e. The predicted octanol–water partition coefficient (Wildman–Crippen LogP) is 2.21. The Labute approximate surface area is 73.0 Å². The molecule has 1 aromatic carbocycles. The molecule has 0 amide bonds. The maximum absolute atomic E-state index is 2.58. The van der Waals surface area contributed by atoms with Crippen LogP contribution in [0.3, 0.4) is 0 Å². The first kappa shape index (κ1) is 6.53. The van der Waals surface area contributed by atoms with Crippen LogP contribution in [0.1, 0.15) is 18.4 Å². The zero-order valence-electron chi connectivity index (χ0n) is 7.16. The lowest BCUT2D eigenvalue weighted by molar-refractivity contribution is 0.703. The molecule has 0 spiro atoms. The molecule has 1 saturated heterocycles. The van der Waals surface area contributed by atoms with Crippen molar-refractivity contribution in [2.45, 2.75) is 25.3 Å². The first-order chi connectivity index (χ1) is 5.95. The molecule has 2 aliphatic heterocycles. The summed E-state index contributed by atoms with van der Waals surface area (Å²) in [5.74, 6) is 0. The summed E-state index contributed by atoms with van der Waals surface area (Å²) in [6.07, 6.45) is 4.07. The summed E-state index contributed by atoms with van der Waals surface area (Å²) in [4.78, 5) is 2.58. The first-order valence-electron chi connectivity index (χ1n) is 4.80. The molecule has 2 aliphatic rings. The van der Waals surface area contributed by atoms with Crippen molar-refractivity contribution in [1.82, 2.24) is 0 Å². The van der Waals surface area contributed by atoms with Crippen molar-refractivity contribution >= 4 is 5.69 Å². The topological polar surface area (TPSA) is 3.24 Å². The van der Waals surface area contributed by atoms with Crippen molar-refractivity contribution in [3.63, 3.8) is 0 Å². The van der Waals surface area contributed by atoms with Crippen molar-refractivity contribution in [1.29, 1.82) is 0 Å². The van der Waals surface area contributed by atoms with Crippen LogP contribution in [0.4, 0.5) is 5.69 Å². The van der Waals surface area contributed by atoms with Gasteiger partial charge in [-0.05, 0) is 30.9 Å². The SMILES string of the molecule is c1ccc2c(c1)C[C@H]1CCCN21. The van der Waals surface area contributed by atoms with Crippen LogP contribution in [-0.4, -0.2) is 12.6 Å². The van der Waals surface area contributed by atoms with Crippen LogP contribution in [0.2, 0.25) is 0 Å². The van der Waals surface area contributed by atoms with Gasteiger partial charge in [0.05, 0.1) is 0 Å². The monoisotopic (exact) mass is 159 g/mol. The number of rotatable bonds is 0. The number of hydrogen-bond acceptors (Lipinski definition) is 1. The molecule has 0 bridgehead atoms. The molecule has 62 valence electrons. The molecule has 12 heavy (non-hydrogen) atoms. The molecule has 0 aliphatic carbocycles. The van der Waals surface area contributed by atoms with E-state index in [1.54, 1.807) is 5.56 Å². The average molecular weight is 159 g/mol. The van der Waals surface area contributed by atoms with E-state index >= 15 is 0 Å². The number of benzene rings is 1. The fraction of sp³-hybridized carbons (Fsp3) is 0.455. The molecular weight excluding hydrogens is 146 g/mol. The van der Waals surface area contributed by atoms with Crippen molar-refractivity contribution in [2.75, 3.05) is 11.4 Å². The van der Waals surface area contributed by atoms with Crippen LogP contribution < -0.4 is 4.90 Å². The number of anilines is 1. The summed E-state index contributed by atoms with van der Waals surface area (Å²) in [5, 5.41) is 0. The van der Waals surface area contributed by atoms with E-state index in [0.29, 0.717) is 0 Å². The van der Waals surface area contributed by atoms with Gasteiger partial charge in [-0.1, -0.05) is 18.2 Å². The molecule has 3 rings (SSSR count). The summed E-state index contributed by atoms with van der Waals surface area (Å²) in [6, 6.07) is 9.68. The zero-order valence-corrected chi connectivity index (χ0v) is 7.16. The minimum atomic E-state index is 0.836. The van der Waals surface area contributed by atoms with Crippen molar-refractivity contribution < 1.29 is 0 Å². The van der Waals surface area contributed by atoms with E-state index in [-0.39, 0.29) is 0 Å². The fourth-order valence-electron chi connectivity index (χ4n) is 2.58. The van der Waals surface area contributed by atoms with E-state index < -0.39 is 0 Å². The van der Waals surface area contributed by atoms with Crippen LogP contribution in [0.15, 0.2) is 24.3 Å². The summed E-state index contributed by atoms with van der Waals surface area (Å²) in [5.41, 5.74) is 3.06. The van der Waals surface area contributed by atoms with E-state index in [1.807, 2.05) is 0 Å². The highest BCUT2D eigenvalue weighted by Crippen LogP contribution is 2.37. The molecule has 0 aromatic heterocycles. The Kier molecular flexibility index (Phi) is 1.23. The number of para-hydroxylation sites is 1. The largest absolute Gasteiger partial charge is 0.368 e. The molecule has 0 N–H and O–H groups in total. The number of fused-ring (bicyclic) bond motifs is 3. The lowest BCUT2D eigenvalue weighted by Crippen LogP contribution is -2.24. The Bertz CT molecular complexity index is 306. The van der Waals surface area contributed by atoms with Gasteiger partial charge in [0, 0.05) is 18.3 Å². The molecule has 1 fully saturated rings. The Morgan fingerprint density at radius 2 is 2.17 bits per heavy atom. The van der Waals surface area contributed by atoms with E-state index in [2.05, 4.69) is 29.2 Å². The summed E-state index contributed by atoms with van der Waals surface area (Å²) in [6.45, 7) is 1.28. The average Bonchev–Trinajstić information content (AvgIpc) is 2.62. The van der Waals surface area contributed by atoms with Gasteiger partial charge in [0.25, 0.3) is 0 Å². The van der Waals surface area contributed by atoms with Crippen molar-refractivity contribution in [3.05, 3.63) is 29.8 Å². The molecule has 0 radical (unpaired) electrons. The highest BCUT2D eigenvalue weighted by Gasteiger charge is 2.31. The smallest absolute Gasteiger partial charge is 0.0402 e. The van der Waals surface area contributed by atoms with Gasteiger partial charge in [-0.3, -0.25) is 0 Å². The van der Waals surface area contributed by atoms with Crippen molar-refractivity contribution in [2.24, 2.45) is 0 Å². The molecule has 1 atom stereocenters. The second-order valence-electron chi connectivity index (χ2n) is 3.82. The summed E-state index contributed by atoms with van der Waals surface area (Å²) in [7, 11) is 0. The van der Waals surface area contributed by atoms with Crippen LogP contribution >= 0.6 is 0 Å². The van der Waals surface area contributed by atoms with Gasteiger partial charge < -0.3 is 4.90 Å². The van der Waals surface area contributed by atoms with E-state index in [9.17, 15) is 0 Å². The van der Waals surface area contributed by atoms with Crippen LogP contribution in [0, 0.1) is 0 Å². The van der Waals surface area contributed by atoms with Gasteiger partial charge in [0.15, 0.2) is 0 Å². The second kappa shape index (κ2) is 2.25. The Morgan fingerprint density at radius 1 is 1.25 bits per heavy atom. The second-order valence-corrected chi connectivity index (χ2v) is 3.82. The van der Waals surface area contributed by atoms with Crippen LogP contribution in [0.5, 0.6) is 0 Å². The lowest BCUT2D eigenvalue weighted by Gasteiger charge is -2.17. The van der Waals surface area contributed by atoms with Gasteiger partial charge in [-0.15, -0.1) is 0 Å². The Morgan fingerprint density at radius 3 is 3.17 bits per heavy atom. The van der Waals surface area contributed by atoms with Gasteiger partial charge in [0.1, 0.15) is 0 Å². The summed E-state index contributed by atoms with van der Waals surface area (Å²) < 4.78 is 0. The lowest BCUT2D eigenvalue weighted by atomic mass is 10.1. The minimum absolute atomic E-state index is 0.836. The normalized spacial score (nSPS) is 25.7. The van der Waals surface area contributed by atoms with Gasteiger partial charge in [0.2, 0.25) is 0 Å². The molecule has 1 nitrogen and oxygen atoms in total. The quantitative estimate of drug-likeness (QED) is 0.561. The Hall–Kier alpha value is -0.980. The van der Waals surface area contributed by atoms with Crippen LogP contribution in [0.25, 0.3) is 0 Å². The van der Waals surface area contributed by atoms with Gasteiger partial charge in [-0.2, -0.15) is 0 Å². The van der Waals surface area contributed by atoms with E-state index in [4.69, 9.17) is 0 Å². The maximum atomic E-state index is 2.58. The molecular formula is C11H13N. The zero-order chi connectivity index (χ0) is 7.97. The third kappa shape index (κ3) is 0.739.